The molecule has 0 aliphatic heterocycles. The molecule has 0 amide bonds. The molecule has 0 atom stereocenters. The van der Waals surface area contributed by atoms with Crippen molar-refractivity contribution in [1.82, 2.24) is 15.3 Å². The molecule has 0 bridgehead atoms. The van der Waals surface area contributed by atoms with E-state index in [4.69, 9.17) is 0 Å². The van der Waals surface area contributed by atoms with Gasteiger partial charge in [-0.3, -0.25) is 4.98 Å². The molecule has 1 saturated carbocycles. The van der Waals surface area contributed by atoms with E-state index in [0.29, 0.717) is 18.4 Å². The fourth-order valence-corrected chi connectivity index (χ4v) is 1.50. The maximum Gasteiger partial charge on any atom is 0.255 e. The van der Waals surface area contributed by atoms with Crippen molar-refractivity contribution in [1.29, 1.82) is 0 Å². The highest BCUT2D eigenvalue weighted by Crippen LogP contribution is 2.19. The van der Waals surface area contributed by atoms with Crippen molar-refractivity contribution in [2.24, 2.45) is 0 Å². The van der Waals surface area contributed by atoms with Crippen LogP contribution in [-0.2, 0) is 6.54 Å². The van der Waals surface area contributed by atoms with Crippen LogP contribution in [0.25, 0.3) is 0 Å². The Balaban J connectivity index is 1.94. The third-order valence-corrected chi connectivity index (χ3v) is 2.62. The smallest absolute Gasteiger partial charge is 0.255 e. The lowest BCUT2D eigenvalue weighted by molar-refractivity contribution is 0.156. The van der Waals surface area contributed by atoms with E-state index >= 15 is 0 Å². The number of anilines is 1. The normalized spacial score (nSPS) is 15.3. The molecule has 0 saturated heterocycles. The summed E-state index contributed by atoms with van der Waals surface area (Å²) in [5, 5.41) is 3.31. The highest BCUT2D eigenvalue weighted by molar-refractivity contribution is 5.35. The minimum absolute atomic E-state index is 0.325. The van der Waals surface area contributed by atoms with E-state index in [-0.39, 0.29) is 6.54 Å². The lowest BCUT2D eigenvalue weighted by atomic mass is 10.4. The Kier molecular flexibility index (Phi) is 3.83. The van der Waals surface area contributed by atoms with Gasteiger partial charge >= 0.3 is 0 Å². The van der Waals surface area contributed by atoms with Crippen molar-refractivity contribution in [2.75, 3.05) is 18.5 Å². The lowest BCUT2D eigenvalue weighted by Gasteiger charge is -2.17. The van der Waals surface area contributed by atoms with E-state index in [1.165, 1.54) is 23.9 Å². The average Bonchev–Trinajstić information content (AvgIpc) is 3.10. The van der Waals surface area contributed by atoms with Gasteiger partial charge in [0.2, 0.25) is 0 Å². The molecular formula is C11H16F2N4. The van der Waals surface area contributed by atoms with E-state index in [0.717, 1.165) is 5.69 Å². The second kappa shape index (κ2) is 5.35. The van der Waals surface area contributed by atoms with Crippen LogP contribution >= 0.6 is 0 Å². The number of alkyl halides is 2. The van der Waals surface area contributed by atoms with Crippen LogP contribution in [0.5, 0.6) is 0 Å². The second-order valence-electron chi connectivity index (χ2n) is 4.30. The van der Waals surface area contributed by atoms with E-state index in [2.05, 4.69) is 15.3 Å². The third-order valence-electron chi connectivity index (χ3n) is 2.62. The Hall–Kier alpha value is -1.30. The third kappa shape index (κ3) is 3.89. The zero-order chi connectivity index (χ0) is 12.3. The summed E-state index contributed by atoms with van der Waals surface area (Å²) in [6.45, 7) is 0.322. The first-order chi connectivity index (χ1) is 8.15. The standard InChI is InChI=1S/C11H16F2N4/c1-17(7-10(12)13)11-6-14-4-9(16-11)5-15-8-2-3-8/h4,6,8,10,15H,2-3,5,7H2,1H3. The van der Waals surface area contributed by atoms with Crippen LogP contribution in [0.2, 0.25) is 0 Å². The molecule has 0 unspecified atom stereocenters. The number of hydrogen-bond acceptors (Lipinski definition) is 4. The van der Waals surface area contributed by atoms with Crippen molar-refractivity contribution >= 4 is 5.82 Å². The van der Waals surface area contributed by atoms with Gasteiger partial charge in [0.15, 0.2) is 0 Å². The molecule has 0 aromatic carbocycles. The summed E-state index contributed by atoms with van der Waals surface area (Å²) in [5.74, 6) is 0.486. The molecule has 1 aromatic rings. The Bertz CT molecular complexity index is 368. The van der Waals surface area contributed by atoms with Crippen LogP contribution in [0.4, 0.5) is 14.6 Å². The zero-order valence-electron chi connectivity index (χ0n) is 9.74. The van der Waals surface area contributed by atoms with Crippen LogP contribution < -0.4 is 10.2 Å². The largest absolute Gasteiger partial charge is 0.353 e. The van der Waals surface area contributed by atoms with Gasteiger partial charge in [0.25, 0.3) is 6.43 Å². The lowest BCUT2D eigenvalue weighted by Crippen LogP contribution is -2.26. The first-order valence-electron chi connectivity index (χ1n) is 5.68. The van der Waals surface area contributed by atoms with Crippen molar-refractivity contribution in [3.63, 3.8) is 0 Å². The summed E-state index contributed by atoms with van der Waals surface area (Å²) in [7, 11) is 1.59. The fourth-order valence-electron chi connectivity index (χ4n) is 1.50. The molecule has 1 aliphatic carbocycles. The number of aromatic nitrogens is 2. The maximum absolute atomic E-state index is 12.2. The fraction of sp³-hybridized carbons (Fsp3) is 0.636. The summed E-state index contributed by atoms with van der Waals surface area (Å²) >= 11 is 0. The number of halogens is 2. The molecule has 4 nitrogen and oxygen atoms in total. The quantitative estimate of drug-likeness (QED) is 0.819. The average molecular weight is 242 g/mol. The first kappa shape index (κ1) is 12.2. The monoisotopic (exact) mass is 242 g/mol. The predicted molar refractivity (Wildman–Crippen MR) is 61.2 cm³/mol. The summed E-state index contributed by atoms with van der Waals surface area (Å²) in [4.78, 5) is 9.73. The van der Waals surface area contributed by atoms with Crippen molar-refractivity contribution in [3.8, 4) is 0 Å². The Morgan fingerprint density at radius 1 is 1.47 bits per heavy atom. The van der Waals surface area contributed by atoms with Gasteiger partial charge in [-0.15, -0.1) is 0 Å². The number of hydrogen-bond donors (Lipinski definition) is 1. The molecule has 1 aromatic heterocycles. The zero-order valence-corrected chi connectivity index (χ0v) is 9.74. The van der Waals surface area contributed by atoms with Crippen LogP contribution in [0, 0.1) is 0 Å². The molecule has 0 radical (unpaired) electrons. The highest BCUT2D eigenvalue weighted by Gasteiger charge is 2.20. The molecule has 1 N–H and O–H groups in total. The minimum atomic E-state index is -2.37. The van der Waals surface area contributed by atoms with Gasteiger partial charge < -0.3 is 10.2 Å². The van der Waals surface area contributed by atoms with Crippen LogP contribution in [0.3, 0.4) is 0 Å². The Morgan fingerprint density at radius 3 is 2.88 bits per heavy atom. The first-order valence-corrected chi connectivity index (χ1v) is 5.68. The van der Waals surface area contributed by atoms with Crippen molar-refractivity contribution < 1.29 is 8.78 Å². The molecule has 2 rings (SSSR count). The van der Waals surface area contributed by atoms with Gasteiger partial charge in [-0.1, -0.05) is 0 Å². The van der Waals surface area contributed by atoms with E-state index < -0.39 is 6.43 Å². The van der Waals surface area contributed by atoms with Gasteiger partial charge in [0, 0.05) is 25.8 Å². The van der Waals surface area contributed by atoms with Crippen LogP contribution in [0.1, 0.15) is 18.5 Å². The highest BCUT2D eigenvalue weighted by atomic mass is 19.3. The summed E-state index contributed by atoms with van der Waals surface area (Å²) < 4.78 is 24.5. The number of nitrogens with zero attached hydrogens (tertiary/aromatic N) is 3. The second-order valence-corrected chi connectivity index (χ2v) is 4.30. The number of nitrogens with one attached hydrogen (secondary N) is 1. The van der Waals surface area contributed by atoms with Gasteiger partial charge in [-0.05, 0) is 12.8 Å². The molecule has 17 heavy (non-hydrogen) atoms. The number of rotatable bonds is 6. The Labute approximate surface area is 99.1 Å². The molecule has 6 heteroatoms. The molecule has 0 spiro atoms. The molecule has 1 aliphatic rings. The van der Waals surface area contributed by atoms with Crippen molar-refractivity contribution in [3.05, 3.63) is 18.1 Å². The van der Waals surface area contributed by atoms with Gasteiger partial charge in [-0.2, -0.15) is 0 Å². The van der Waals surface area contributed by atoms with Crippen LogP contribution in [-0.4, -0.2) is 36.0 Å². The van der Waals surface area contributed by atoms with E-state index in [1.807, 2.05) is 0 Å². The SMILES string of the molecule is CN(CC(F)F)c1cncc(CNC2CC2)n1. The molecule has 1 heterocycles. The molecule has 94 valence electrons. The Morgan fingerprint density at radius 2 is 2.24 bits per heavy atom. The summed E-state index contributed by atoms with van der Waals surface area (Å²) in [6.07, 6.45) is 3.21. The van der Waals surface area contributed by atoms with Gasteiger partial charge in [-0.25, -0.2) is 13.8 Å². The van der Waals surface area contributed by atoms with E-state index in [1.54, 1.807) is 13.2 Å². The van der Waals surface area contributed by atoms with Gasteiger partial charge in [0.05, 0.1) is 18.4 Å². The van der Waals surface area contributed by atoms with Gasteiger partial charge in [0.1, 0.15) is 5.82 Å². The molecule has 1 fully saturated rings. The van der Waals surface area contributed by atoms with Crippen molar-refractivity contribution in [2.45, 2.75) is 31.9 Å². The summed E-state index contributed by atoms with van der Waals surface area (Å²) in [6, 6.07) is 0.597. The summed E-state index contributed by atoms with van der Waals surface area (Å²) in [5.41, 5.74) is 0.788. The molecular weight excluding hydrogens is 226 g/mol. The van der Waals surface area contributed by atoms with E-state index in [9.17, 15) is 8.78 Å². The topological polar surface area (TPSA) is 41.1 Å². The van der Waals surface area contributed by atoms with Crippen LogP contribution in [0.15, 0.2) is 12.4 Å². The maximum atomic E-state index is 12.2. The minimum Gasteiger partial charge on any atom is -0.353 e. The predicted octanol–water partition coefficient (Wildman–Crippen LogP) is 1.43.